The third-order valence-corrected chi connectivity index (χ3v) is 8.02. The average molecular weight is 439 g/mol. The number of nitrogens with one attached hydrogen (secondary N) is 1. The zero-order valence-corrected chi connectivity index (χ0v) is 19.0. The fraction of sp³-hybridized carbons (Fsp3) is 0.600. The molecule has 1 amide bonds. The first kappa shape index (κ1) is 22.1. The van der Waals surface area contributed by atoms with E-state index in [9.17, 15) is 13.2 Å². The highest BCUT2D eigenvalue weighted by Gasteiger charge is 2.30. The maximum absolute atomic E-state index is 12.8. The number of nitrogens with two attached hydrogens (primary N) is 1. The number of sulfonamides is 1. The number of imidazole rings is 1. The summed E-state index contributed by atoms with van der Waals surface area (Å²) in [7, 11) is -3.79. The maximum atomic E-state index is 12.8. The van der Waals surface area contributed by atoms with E-state index in [1.165, 1.54) is 30.3 Å². The molecule has 160 valence electrons. The molecule has 0 bridgehead atoms. The van der Waals surface area contributed by atoms with E-state index in [1.54, 1.807) is 6.07 Å². The molecular weight excluding hydrogens is 408 g/mol. The van der Waals surface area contributed by atoms with Gasteiger partial charge in [-0.2, -0.15) is 0 Å². The number of nitrogens with zero attached hydrogens (tertiary/aromatic N) is 2. The fourth-order valence-corrected chi connectivity index (χ4v) is 5.49. The number of primary sulfonamides is 1. The van der Waals surface area contributed by atoms with E-state index >= 15 is 0 Å². The summed E-state index contributed by atoms with van der Waals surface area (Å²) >= 11 is 1.39. The number of fused-ring (bicyclic) bond motifs is 1. The monoisotopic (exact) mass is 438 g/mol. The lowest BCUT2D eigenvalue weighted by Crippen LogP contribution is -2.46. The van der Waals surface area contributed by atoms with E-state index in [0.29, 0.717) is 29.1 Å². The number of benzene rings is 1. The Kier molecular flexibility index (Phi) is 6.60. The molecule has 29 heavy (non-hydrogen) atoms. The van der Waals surface area contributed by atoms with E-state index in [4.69, 9.17) is 5.14 Å². The second kappa shape index (κ2) is 8.65. The Morgan fingerprint density at radius 3 is 2.76 bits per heavy atom. The predicted molar refractivity (Wildman–Crippen MR) is 116 cm³/mol. The van der Waals surface area contributed by atoms with Crippen molar-refractivity contribution in [2.75, 3.05) is 0 Å². The summed E-state index contributed by atoms with van der Waals surface area (Å²) in [6, 6.07) is 4.90. The zero-order valence-electron chi connectivity index (χ0n) is 17.4. The summed E-state index contributed by atoms with van der Waals surface area (Å²) in [5.41, 5.74) is 1.38. The number of hydrogen-bond acceptors (Lipinski definition) is 5. The van der Waals surface area contributed by atoms with Crippen molar-refractivity contribution in [2.45, 2.75) is 74.8 Å². The first-order valence-corrected chi connectivity index (χ1v) is 12.5. The van der Waals surface area contributed by atoms with Gasteiger partial charge in [-0.3, -0.25) is 4.79 Å². The van der Waals surface area contributed by atoms with Gasteiger partial charge in [0.25, 0.3) is 0 Å². The van der Waals surface area contributed by atoms with E-state index < -0.39 is 10.0 Å². The second-order valence-corrected chi connectivity index (χ2v) is 10.8. The third-order valence-electron chi connectivity index (χ3n) is 6.02. The molecule has 0 aliphatic heterocycles. The van der Waals surface area contributed by atoms with Gasteiger partial charge in [0.05, 0.1) is 21.2 Å². The molecule has 3 N–H and O–H groups in total. The van der Waals surface area contributed by atoms with E-state index in [-0.39, 0.29) is 22.1 Å². The summed E-state index contributed by atoms with van der Waals surface area (Å²) in [6.45, 7) is 9.01. The summed E-state index contributed by atoms with van der Waals surface area (Å²) in [5, 5.41) is 8.85. The third kappa shape index (κ3) is 4.78. The average Bonchev–Trinajstić information content (AvgIpc) is 3.00. The molecule has 0 saturated heterocycles. The van der Waals surface area contributed by atoms with Gasteiger partial charge in [-0.25, -0.2) is 18.5 Å². The number of amides is 1. The topological polar surface area (TPSA) is 107 Å². The number of carbonyl (C=O) groups excluding carboxylic acids is 1. The van der Waals surface area contributed by atoms with Crippen LogP contribution in [0, 0.1) is 11.8 Å². The Hall–Kier alpha value is -1.58. The number of thioether (sulfide) groups is 1. The van der Waals surface area contributed by atoms with Crippen molar-refractivity contribution in [1.29, 1.82) is 0 Å². The SMILES string of the molecule is CCn1c(S[C@H](C)C(=O)N[C@@H]2CCC[C@H](C)[C@@H]2C)nc2cc(S(N)(=O)=O)ccc21. The van der Waals surface area contributed by atoms with Gasteiger partial charge in [0.1, 0.15) is 0 Å². The van der Waals surface area contributed by atoms with Crippen LogP contribution in [-0.4, -0.2) is 35.2 Å². The Bertz CT molecular complexity index is 1000. The molecule has 7 nitrogen and oxygen atoms in total. The summed E-state index contributed by atoms with van der Waals surface area (Å²) in [5.74, 6) is 1.11. The molecule has 1 fully saturated rings. The van der Waals surface area contributed by atoms with Crippen LogP contribution < -0.4 is 10.5 Å². The van der Waals surface area contributed by atoms with Crippen LogP contribution in [-0.2, 0) is 21.4 Å². The maximum Gasteiger partial charge on any atom is 0.238 e. The largest absolute Gasteiger partial charge is 0.352 e. The number of hydrogen-bond donors (Lipinski definition) is 2. The predicted octanol–water partition coefficient (Wildman–Crippen LogP) is 3.13. The van der Waals surface area contributed by atoms with Gasteiger partial charge >= 0.3 is 0 Å². The molecule has 0 radical (unpaired) electrons. The minimum Gasteiger partial charge on any atom is -0.352 e. The van der Waals surface area contributed by atoms with Crippen LogP contribution in [0.1, 0.15) is 47.0 Å². The van der Waals surface area contributed by atoms with Crippen LogP contribution in [0.2, 0.25) is 0 Å². The Morgan fingerprint density at radius 2 is 2.10 bits per heavy atom. The highest BCUT2D eigenvalue weighted by Crippen LogP contribution is 2.31. The van der Waals surface area contributed by atoms with Crippen molar-refractivity contribution in [1.82, 2.24) is 14.9 Å². The first-order valence-electron chi connectivity index (χ1n) is 10.1. The second-order valence-electron chi connectivity index (χ2n) is 7.98. The highest BCUT2D eigenvalue weighted by atomic mass is 32.2. The van der Waals surface area contributed by atoms with Crippen LogP contribution >= 0.6 is 11.8 Å². The van der Waals surface area contributed by atoms with E-state index in [0.717, 1.165) is 18.4 Å². The standard InChI is InChI=1S/C20H30N4O3S2/c1-5-24-18-10-9-15(29(21,26)27)11-17(18)23-20(24)28-14(4)19(25)22-16-8-6-7-12(2)13(16)3/h9-14,16H,5-8H2,1-4H3,(H,22,25)(H2,21,26,27)/t12-,13-,14+,16+/m0/s1. The minimum absolute atomic E-state index is 0.0147. The highest BCUT2D eigenvalue weighted by molar-refractivity contribution is 8.00. The first-order chi connectivity index (χ1) is 13.6. The summed E-state index contributed by atoms with van der Waals surface area (Å²) in [4.78, 5) is 17.4. The zero-order chi connectivity index (χ0) is 21.3. The van der Waals surface area contributed by atoms with Crippen LogP contribution in [0.4, 0.5) is 0 Å². The smallest absolute Gasteiger partial charge is 0.238 e. The molecular formula is C20H30N4O3S2. The lowest BCUT2D eigenvalue weighted by atomic mass is 9.78. The lowest BCUT2D eigenvalue weighted by Gasteiger charge is -2.35. The Morgan fingerprint density at radius 1 is 1.38 bits per heavy atom. The molecule has 3 rings (SSSR count). The van der Waals surface area contributed by atoms with Gasteiger partial charge in [0.15, 0.2) is 5.16 Å². The molecule has 1 aromatic heterocycles. The van der Waals surface area contributed by atoms with Gasteiger partial charge in [0, 0.05) is 12.6 Å². The van der Waals surface area contributed by atoms with Crippen LogP contribution in [0.25, 0.3) is 11.0 Å². The van der Waals surface area contributed by atoms with Crippen molar-refractivity contribution in [2.24, 2.45) is 17.0 Å². The van der Waals surface area contributed by atoms with Gasteiger partial charge in [0.2, 0.25) is 15.9 Å². The quantitative estimate of drug-likeness (QED) is 0.674. The molecule has 1 heterocycles. The molecule has 0 spiro atoms. The number of aromatic nitrogens is 2. The molecule has 1 aliphatic carbocycles. The molecule has 1 saturated carbocycles. The van der Waals surface area contributed by atoms with Crippen LogP contribution in [0.5, 0.6) is 0 Å². The van der Waals surface area contributed by atoms with E-state index in [2.05, 4.69) is 24.1 Å². The van der Waals surface area contributed by atoms with E-state index in [1.807, 2.05) is 18.4 Å². The van der Waals surface area contributed by atoms with Crippen molar-refractivity contribution < 1.29 is 13.2 Å². The number of rotatable bonds is 6. The van der Waals surface area contributed by atoms with Gasteiger partial charge in [-0.15, -0.1) is 0 Å². The molecule has 4 atom stereocenters. The van der Waals surface area contributed by atoms with Crippen LogP contribution in [0.15, 0.2) is 28.3 Å². The van der Waals surface area contributed by atoms with Crippen LogP contribution in [0.3, 0.4) is 0 Å². The molecule has 0 unspecified atom stereocenters. The van der Waals surface area contributed by atoms with Crippen molar-refractivity contribution >= 4 is 38.7 Å². The molecule has 9 heteroatoms. The fourth-order valence-electron chi connectivity index (χ4n) is 3.96. The molecule has 1 aromatic carbocycles. The summed E-state index contributed by atoms with van der Waals surface area (Å²) < 4.78 is 25.2. The number of carbonyl (C=O) groups is 1. The normalized spacial score (nSPS) is 23.8. The van der Waals surface area contributed by atoms with Crippen molar-refractivity contribution in [3.05, 3.63) is 18.2 Å². The van der Waals surface area contributed by atoms with Crippen molar-refractivity contribution in [3.8, 4) is 0 Å². The Labute approximate surface area is 176 Å². The van der Waals surface area contributed by atoms with Crippen molar-refractivity contribution in [3.63, 3.8) is 0 Å². The molecule has 1 aliphatic rings. The lowest BCUT2D eigenvalue weighted by molar-refractivity contribution is -0.121. The Balaban J connectivity index is 1.78. The van der Waals surface area contributed by atoms with Gasteiger partial charge in [-0.05, 0) is 50.3 Å². The number of aryl methyl sites for hydroxylation is 1. The van der Waals surface area contributed by atoms with Gasteiger partial charge < -0.3 is 9.88 Å². The molecule has 2 aromatic rings. The minimum atomic E-state index is -3.79. The summed E-state index contributed by atoms with van der Waals surface area (Å²) in [6.07, 6.45) is 3.40. The van der Waals surface area contributed by atoms with Gasteiger partial charge in [-0.1, -0.05) is 38.5 Å².